The molecule has 0 saturated heterocycles. The largest absolute Gasteiger partial charge is 0.479 e. The van der Waals surface area contributed by atoms with Gasteiger partial charge in [-0.3, -0.25) is 0 Å². The average Bonchev–Trinajstić information content (AvgIpc) is 2.37. The van der Waals surface area contributed by atoms with E-state index in [1.807, 2.05) is 0 Å². The molecule has 19 heavy (non-hydrogen) atoms. The van der Waals surface area contributed by atoms with E-state index in [4.69, 9.17) is 21.8 Å². The van der Waals surface area contributed by atoms with Crippen molar-refractivity contribution >= 4 is 23.6 Å². The molecule has 6 nitrogen and oxygen atoms in total. The summed E-state index contributed by atoms with van der Waals surface area (Å²) in [5.41, 5.74) is 0.890. The highest BCUT2D eigenvalue weighted by atomic mass is 35.5. The number of nitrogens with one attached hydrogen (secondary N) is 1. The molecule has 0 aliphatic carbocycles. The highest BCUT2D eigenvalue weighted by molar-refractivity contribution is 6.30. The minimum absolute atomic E-state index is 0.334. The van der Waals surface area contributed by atoms with Gasteiger partial charge in [0.15, 0.2) is 6.10 Å². The Hall–Kier alpha value is -1.79. The summed E-state index contributed by atoms with van der Waals surface area (Å²) in [5, 5.41) is 20.4. The Bertz CT molecular complexity index is 450. The predicted octanol–water partition coefficient (Wildman–Crippen LogP) is 0.927. The van der Waals surface area contributed by atoms with Gasteiger partial charge in [0, 0.05) is 18.6 Å². The molecule has 0 aliphatic rings. The van der Waals surface area contributed by atoms with E-state index in [0.717, 1.165) is 5.56 Å². The van der Waals surface area contributed by atoms with Gasteiger partial charge in [-0.25, -0.2) is 9.59 Å². The van der Waals surface area contributed by atoms with Crippen LogP contribution in [0.15, 0.2) is 24.3 Å². The number of nitrogens with zero attached hydrogens (tertiary/aromatic N) is 1. The molecule has 7 heteroatoms. The number of carboxylic acids is 1. The molecule has 1 atom stereocenters. The topological polar surface area (TPSA) is 89.9 Å². The third kappa shape index (κ3) is 5.15. The van der Waals surface area contributed by atoms with Crippen LogP contribution in [0.3, 0.4) is 0 Å². The number of benzene rings is 1. The number of aliphatic hydroxyl groups excluding tert-OH is 1. The second kappa shape index (κ2) is 6.96. The maximum Gasteiger partial charge on any atom is 0.334 e. The maximum atomic E-state index is 11.6. The molecule has 0 heterocycles. The predicted molar refractivity (Wildman–Crippen MR) is 70.0 cm³/mol. The molecule has 3 N–H and O–H groups in total. The second-order valence-electron chi connectivity index (χ2n) is 4.02. The lowest BCUT2D eigenvalue weighted by Crippen LogP contribution is -2.42. The molecule has 0 aromatic heterocycles. The Labute approximate surface area is 115 Å². The fourth-order valence-corrected chi connectivity index (χ4v) is 1.47. The summed E-state index contributed by atoms with van der Waals surface area (Å²) < 4.78 is 0. The number of urea groups is 1. The molecule has 1 unspecified atom stereocenters. The Morgan fingerprint density at radius 1 is 1.37 bits per heavy atom. The van der Waals surface area contributed by atoms with Gasteiger partial charge < -0.3 is 20.4 Å². The van der Waals surface area contributed by atoms with Gasteiger partial charge in [-0.05, 0) is 17.7 Å². The monoisotopic (exact) mass is 286 g/mol. The highest BCUT2D eigenvalue weighted by Gasteiger charge is 2.15. The van der Waals surface area contributed by atoms with Crippen molar-refractivity contribution in [1.82, 2.24) is 10.2 Å². The summed E-state index contributed by atoms with van der Waals surface area (Å²) in [4.78, 5) is 23.4. The van der Waals surface area contributed by atoms with Crippen LogP contribution in [0.4, 0.5) is 4.79 Å². The standard InChI is InChI=1S/C12H15ClN2O4/c1-15(7-8-2-4-9(13)5-3-8)12(19)14-6-10(16)11(17)18/h2-5,10,16H,6-7H2,1H3,(H,14,19)(H,17,18). The van der Waals surface area contributed by atoms with Gasteiger partial charge in [-0.2, -0.15) is 0 Å². The van der Waals surface area contributed by atoms with E-state index in [1.54, 1.807) is 31.3 Å². The van der Waals surface area contributed by atoms with E-state index in [1.165, 1.54) is 4.90 Å². The Morgan fingerprint density at radius 2 is 1.95 bits per heavy atom. The Kier molecular flexibility index (Phi) is 5.59. The summed E-state index contributed by atoms with van der Waals surface area (Å²) in [5.74, 6) is -1.37. The van der Waals surface area contributed by atoms with Crippen LogP contribution >= 0.6 is 11.6 Å². The van der Waals surface area contributed by atoms with Crippen LogP contribution in [0.1, 0.15) is 5.56 Å². The molecule has 2 amide bonds. The third-order valence-electron chi connectivity index (χ3n) is 2.41. The Balaban J connectivity index is 2.44. The minimum atomic E-state index is -1.60. The first-order valence-electron chi connectivity index (χ1n) is 5.54. The van der Waals surface area contributed by atoms with Gasteiger partial charge in [0.25, 0.3) is 0 Å². The first kappa shape index (κ1) is 15.3. The lowest BCUT2D eigenvalue weighted by molar-refractivity contribution is -0.146. The van der Waals surface area contributed by atoms with E-state index in [2.05, 4.69) is 5.32 Å². The third-order valence-corrected chi connectivity index (χ3v) is 2.66. The van der Waals surface area contributed by atoms with Crippen molar-refractivity contribution in [3.63, 3.8) is 0 Å². The molecule has 0 fully saturated rings. The zero-order valence-electron chi connectivity index (χ0n) is 10.3. The van der Waals surface area contributed by atoms with Crippen LogP contribution in [-0.2, 0) is 11.3 Å². The molecule has 104 valence electrons. The van der Waals surface area contributed by atoms with E-state index in [9.17, 15) is 9.59 Å². The van der Waals surface area contributed by atoms with Crippen LogP contribution in [0.5, 0.6) is 0 Å². The average molecular weight is 287 g/mol. The first-order valence-corrected chi connectivity index (χ1v) is 5.92. The van der Waals surface area contributed by atoms with Gasteiger partial charge in [-0.1, -0.05) is 23.7 Å². The number of rotatable bonds is 5. The van der Waals surface area contributed by atoms with Crippen LogP contribution < -0.4 is 5.32 Å². The molecule has 1 aromatic rings. The van der Waals surface area contributed by atoms with Crippen molar-refractivity contribution in [2.45, 2.75) is 12.6 Å². The number of carbonyl (C=O) groups is 2. The zero-order valence-corrected chi connectivity index (χ0v) is 11.1. The van der Waals surface area contributed by atoms with Gasteiger partial charge in [0.05, 0.1) is 6.54 Å². The number of carboxylic acid groups (broad SMARTS) is 1. The summed E-state index contributed by atoms with van der Waals surface area (Å²) in [7, 11) is 1.57. The van der Waals surface area contributed by atoms with Crippen molar-refractivity contribution in [3.05, 3.63) is 34.9 Å². The summed E-state index contributed by atoms with van der Waals surface area (Å²) in [6.45, 7) is 0.0191. The SMILES string of the molecule is CN(Cc1ccc(Cl)cc1)C(=O)NCC(O)C(=O)O. The Morgan fingerprint density at radius 3 is 2.47 bits per heavy atom. The molecule has 1 aromatic carbocycles. The lowest BCUT2D eigenvalue weighted by Gasteiger charge is -2.18. The lowest BCUT2D eigenvalue weighted by atomic mass is 10.2. The summed E-state index contributed by atoms with van der Waals surface area (Å²) >= 11 is 5.75. The molecule has 0 radical (unpaired) electrons. The van der Waals surface area contributed by atoms with Crippen LogP contribution in [0.2, 0.25) is 5.02 Å². The molecular formula is C12H15ClN2O4. The van der Waals surface area contributed by atoms with Crippen LogP contribution in [0, 0.1) is 0 Å². The highest BCUT2D eigenvalue weighted by Crippen LogP contribution is 2.10. The number of hydrogen-bond donors (Lipinski definition) is 3. The number of carbonyl (C=O) groups excluding carboxylic acids is 1. The fraction of sp³-hybridized carbons (Fsp3) is 0.333. The van der Waals surface area contributed by atoms with Crippen LogP contribution in [-0.4, -0.2) is 46.8 Å². The van der Waals surface area contributed by atoms with Crippen molar-refractivity contribution < 1.29 is 19.8 Å². The maximum absolute atomic E-state index is 11.6. The summed E-state index contributed by atoms with van der Waals surface area (Å²) in [6, 6.07) is 6.56. The molecular weight excluding hydrogens is 272 g/mol. The quantitative estimate of drug-likeness (QED) is 0.751. The normalized spacial score (nSPS) is 11.7. The van der Waals surface area contributed by atoms with Crippen LogP contribution in [0.25, 0.3) is 0 Å². The van der Waals surface area contributed by atoms with Gasteiger partial charge in [0.1, 0.15) is 0 Å². The smallest absolute Gasteiger partial charge is 0.334 e. The molecule has 0 aliphatic heterocycles. The molecule has 0 spiro atoms. The number of hydrogen-bond acceptors (Lipinski definition) is 3. The minimum Gasteiger partial charge on any atom is -0.479 e. The van der Waals surface area contributed by atoms with Crippen molar-refractivity contribution in [3.8, 4) is 0 Å². The molecule has 1 rings (SSSR count). The van der Waals surface area contributed by atoms with Crippen molar-refractivity contribution in [1.29, 1.82) is 0 Å². The number of aliphatic hydroxyl groups is 1. The number of halogens is 1. The number of aliphatic carboxylic acids is 1. The van der Waals surface area contributed by atoms with Crippen molar-refractivity contribution in [2.24, 2.45) is 0 Å². The van der Waals surface area contributed by atoms with Gasteiger partial charge in [0.2, 0.25) is 0 Å². The molecule has 0 saturated carbocycles. The fourth-order valence-electron chi connectivity index (χ4n) is 1.34. The van der Waals surface area contributed by atoms with Crippen molar-refractivity contribution in [2.75, 3.05) is 13.6 Å². The van der Waals surface area contributed by atoms with E-state index < -0.39 is 18.1 Å². The molecule has 0 bridgehead atoms. The van der Waals surface area contributed by atoms with E-state index >= 15 is 0 Å². The first-order chi connectivity index (χ1) is 8.90. The van der Waals surface area contributed by atoms with E-state index in [-0.39, 0.29) is 6.54 Å². The zero-order chi connectivity index (χ0) is 14.4. The second-order valence-corrected chi connectivity index (χ2v) is 4.46. The van der Waals surface area contributed by atoms with Gasteiger partial charge >= 0.3 is 12.0 Å². The van der Waals surface area contributed by atoms with Gasteiger partial charge in [-0.15, -0.1) is 0 Å². The number of amides is 2. The summed E-state index contributed by atoms with van der Waals surface area (Å²) in [6.07, 6.45) is -1.60. The van der Waals surface area contributed by atoms with E-state index in [0.29, 0.717) is 11.6 Å².